The maximum atomic E-state index is 12.3. The fraction of sp³-hybridized carbons (Fsp3) is 0.667. The molecule has 33 heavy (non-hydrogen) atoms. The number of carboxylic acids is 1. The SMILES string of the molecule is CC(NC(=O)C(N)CCCN=C(N)N)C(=O)NC(C)C(=O)NC(CCCN=C(N)N)C(=O)O. The van der Waals surface area contributed by atoms with Gasteiger partial charge < -0.3 is 49.7 Å². The molecule has 0 spiro atoms. The van der Waals surface area contributed by atoms with Crippen LogP contribution in [-0.2, 0) is 19.2 Å². The molecule has 0 fully saturated rings. The van der Waals surface area contributed by atoms with Gasteiger partial charge in [-0.1, -0.05) is 0 Å². The fourth-order valence-corrected chi connectivity index (χ4v) is 2.50. The van der Waals surface area contributed by atoms with Crippen LogP contribution in [0.1, 0.15) is 39.5 Å². The maximum absolute atomic E-state index is 12.3. The molecule has 4 atom stereocenters. The third-order valence-electron chi connectivity index (χ3n) is 4.37. The van der Waals surface area contributed by atoms with Crippen molar-refractivity contribution in [1.82, 2.24) is 16.0 Å². The van der Waals surface area contributed by atoms with Gasteiger partial charge in [-0.2, -0.15) is 0 Å². The molecule has 4 unspecified atom stereocenters. The van der Waals surface area contributed by atoms with Crippen molar-refractivity contribution in [1.29, 1.82) is 0 Å². The number of rotatable bonds is 15. The summed E-state index contributed by atoms with van der Waals surface area (Å²) in [6.45, 7) is 3.34. The van der Waals surface area contributed by atoms with Gasteiger partial charge in [0.1, 0.15) is 18.1 Å². The number of aliphatic imine (C=N–C) groups is 2. The zero-order valence-corrected chi connectivity index (χ0v) is 18.9. The van der Waals surface area contributed by atoms with Crippen molar-refractivity contribution in [2.75, 3.05) is 13.1 Å². The van der Waals surface area contributed by atoms with Crippen LogP contribution in [0.2, 0.25) is 0 Å². The molecule has 0 aromatic carbocycles. The summed E-state index contributed by atoms with van der Waals surface area (Å²) in [6, 6.07) is -4.08. The van der Waals surface area contributed by atoms with Gasteiger partial charge in [0.2, 0.25) is 17.7 Å². The number of carboxylic acid groups (broad SMARTS) is 1. The summed E-state index contributed by atoms with van der Waals surface area (Å²) in [5.74, 6) is -3.30. The molecular weight excluding hydrogens is 436 g/mol. The minimum Gasteiger partial charge on any atom is -0.480 e. The van der Waals surface area contributed by atoms with E-state index in [1.165, 1.54) is 13.8 Å². The molecule has 0 rings (SSSR count). The Morgan fingerprint density at radius 2 is 1.18 bits per heavy atom. The lowest BCUT2D eigenvalue weighted by Crippen LogP contribution is -2.55. The van der Waals surface area contributed by atoms with Gasteiger partial charge in [-0.25, -0.2) is 4.79 Å². The van der Waals surface area contributed by atoms with Crippen LogP contribution in [0.25, 0.3) is 0 Å². The zero-order chi connectivity index (χ0) is 25.6. The van der Waals surface area contributed by atoms with Gasteiger partial charge in [0.25, 0.3) is 0 Å². The molecule has 0 aliphatic heterocycles. The second kappa shape index (κ2) is 15.2. The minimum atomic E-state index is -1.24. The molecule has 14 N–H and O–H groups in total. The molecule has 15 nitrogen and oxygen atoms in total. The molecule has 0 aromatic heterocycles. The molecular formula is C18H36N10O5. The van der Waals surface area contributed by atoms with Crippen LogP contribution >= 0.6 is 0 Å². The second-order valence-electron chi connectivity index (χ2n) is 7.36. The van der Waals surface area contributed by atoms with E-state index in [1.54, 1.807) is 0 Å². The smallest absolute Gasteiger partial charge is 0.326 e. The van der Waals surface area contributed by atoms with Gasteiger partial charge in [-0.15, -0.1) is 0 Å². The maximum Gasteiger partial charge on any atom is 0.326 e. The standard InChI is InChI=1S/C18H36N10O5/c1-9(27-15(31)11(19)5-3-7-24-17(20)21)13(29)26-10(2)14(30)28-12(16(32)33)6-4-8-25-18(22)23/h9-12H,3-8,19H2,1-2H3,(H,26,29)(H,27,31)(H,28,30)(H,32,33)(H4,20,21,24)(H4,22,23,25). The number of aliphatic carboxylic acids is 1. The van der Waals surface area contributed by atoms with Crippen molar-refractivity contribution in [3.05, 3.63) is 0 Å². The summed E-state index contributed by atoms with van der Waals surface area (Å²) in [6.07, 6.45) is 1.19. The third kappa shape index (κ3) is 13.4. The summed E-state index contributed by atoms with van der Waals surface area (Å²) in [4.78, 5) is 55.6. The van der Waals surface area contributed by atoms with E-state index in [9.17, 15) is 24.3 Å². The molecule has 0 aromatic rings. The predicted octanol–water partition coefficient (Wildman–Crippen LogP) is -4.00. The number of amides is 3. The molecule has 0 aliphatic rings. The number of nitrogens with one attached hydrogen (secondary N) is 3. The summed E-state index contributed by atoms with van der Waals surface area (Å²) >= 11 is 0. The fourth-order valence-electron chi connectivity index (χ4n) is 2.50. The van der Waals surface area contributed by atoms with E-state index in [-0.39, 0.29) is 24.9 Å². The number of hydrogen-bond acceptors (Lipinski definition) is 7. The highest BCUT2D eigenvalue weighted by atomic mass is 16.4. The quantitative estimate of drug-likeness (QED) is 0.0632. The summed E-state index contributed by atoms with van der Waals surface area (Å²) < 4.78 is 0. The lowest BCUT2D eigenvalue weighted by Gasteiger charge is -2.21. The van der Waals surface area contributed by atoms with Crippen LogP contribution in [0, 0.1) is 0 Å². The molecule has 0 saturated heterocycles. The van der Waals surface area contributed by atoms with Gasteiger partial charge in [-0.3, -0.25) is 24.4 Å². The molecule has 0 saturated carbocycles. The Hall–Kier alpha value is -3.62. The van der Waals surface area contributed by atoms with E-state index in [2.05, 4.69) is 25.9 Å². The molecule has 15 heteroatoms. The van der Waals surface area contributed by atoms with Gasteiger partial charge in [0.05, 0.1) is 6.04 Å². The summed E-state index contributed by atoms with van der Waals surface area (Å²) in [7, 11) is 0. The van der Waals surface area contributed by atoms with Crippen molar-refractivity contribution < 1.29 is 24.3 Å². The molecule has 188 valence electrons. The van der Waals surface area contributed by atoms with E-state index in [0.29, 0.717) is 25.8 Å². The first-order valence-corrected chi connectivity index (χ1v) is 10.3. The molecule has 0 radical (unpaired) electrons. The Kier molecular flexibility index (Phi) is 13.6. The van der Waals surface area contributed by atoms with Crippen LogP contribution in [0.5, 0.6) is 0 Å². The number of nitrogens with zero attached hydrogens (tertiary/aromatic N) is 2. The van der Waals surface area contributed by atoms with Crippen LogP contribution in [0.3, 0.4) is 0 Å². The highest BCUT2D eigenvalue weighted by molar-refractivity contribution is 5.93. The largest absolute Gasteiger partial charge is 0.480 e. The first-order chi connectivity index (χ1) is 15.3. The summed E-state index contributed by atoms with van der Waals surface area (Å²) in [5.41, 5.74) is 26.6. The Balaban J connectivity index is 4.57. The van der Waals surface area contributed by atoms with Crippen LogP contribution in [0.15, 0.2) is 9.98 Å². The predicted molar refractivity (Wildman–Crippen MR) is 123 cm³/mol. The van der Waals surface area contributed by atoms with Gasteiger partial charge in [0, 0.05) is 13.1 Å². The third-order valence-corrected chi connectivity index (χ3v) is 4.37. The Bertz CT molecular complexity index is 734. The number of carbonyl (C=O) groups excluding carboxylic acids is 3. The Morgan fingerprint density at radius 3 is 1.64 bits per heavy atom. The monoisotopic (exact) mass is 472 g/mol. The molecule has 0 aliphatic carbocycles. The summed E-state index contributed by atoms with van der Waals surface area (Å²) in [5, 5.41) is 16.5. The van der Waals surface area contributed by atoms with Gasteiger partial charge in [0.15, 0.2) is 11.9 Å². The van der Waals surface area contributed by atoms with E-state index >= 15 is 0 Å². The highest BCUT2D eigenvalue weighted by Gasteiger charge is 2.26. The van der Waals surface area contributed by atoms with Crippen molar-refractivity contribution in [3.8, 4) is 0 Å². The van der Waals surface area contributed by atoms with Crippen LogP contribution < -0.4 is 44.6 Å². The van der Waals surface area contributed by atoms with Crippen LogP contribution in [0.4, 0.5) is 0 Å². The number of carbonyl (C=O) groups is 4. The highest BCUT2D eigenvalue weighted by Crippen LogP contribution is 2.00. The van der Waals surface area contributed by atoms with Crippen molar-refractivity contribution in [2.24, 2.45) is 38.7 Å². The van der Waals surface area contributed by atoms with Gasteiger partial charge in [-0.05, 0) is 39.5 Å². The van der Waals surface area contributed by atoms with Crippen molar-refractivity contribution >= 4 is 35.6 Å². The number of hydrogen-bond donors (Lipinski definition) is 9. The van der Waals surface area contributed by atoms with Crippen molar-refractivity contribution in [3.63, 3.8) is 0 Å². The van der Waals surface area contributed by atoms with E-state index in [4.69, 9.17) is 28.7 Å². The normalized spacial score (nSPS) is 14.0. The first-order valence-electron chi connectivity index (χ1n) is 10.3. The van der Waals surface area contributed by atoms with E-state index < -0.39 is 47.9 Å². The average Bonchev–Trinajstić information content (AvgIpc) is 2.72. The van der Waals surface area contributed by atoms with E-state index in [0.717, 1.165) is 0 Å². The number of nitrogens with two attached hydrogens (primary N) is 5. The first kappa shape index (κ1) is 29.4. The zero-order valence-electron chi connectivity index (χ0n) is 18.9. The average molecular weight is 473 g/mol. The molecule has 0 heterocycles. The molecule has 0 bridgehead atoms. The topological polar surface area (TPSA) is 279 Å². The number of guanidine groups is 2. The van der Waals surface area contributed by atoms with Crippen molar-refractivity contribution in [2.45, 2.75) is 63.7 Å². The Labute approximate surface area is 192 Å². The van der Waals surface area contributed by atoms with E-state index in [1.807, 2.05) is 0 Å². The minimum absolute atomic E-state index is 0.0582. The lowest BCUT2D eigenvalue weighted by molar-refractivity contribution is -0.142. The molecule has 3 amide bonds. The second-order valence-corrected chi connectivity index (χ2v) is 7.36. The lowest BCUT2D eigenvalue weighted by atomic mass is 10.1. The van der Waals surface area contributed by atoms with Gasteiger partial charge >= 0.3 is 5.97 Å². The van der Waals surface area contributed by atoms with Crippen LogP contribution in [-0.4, -0.2) is 78.0 Å². The Morgan fingerprint density at radius 1 is 0.758 bits per heavy atom.